The Labute approximate surface area is 141 Å². The maximum Gasteiger partial charge on any atom is 0.249 e. The van der Waals surface area contributed by atoms with Crippen molar-refractivity contribution in [3.05, 3.63) is 53.6 Å². The molecule has 0 saturated heterocycles. The molecule has 3 rings (SSSR count). The van der Waals surface area contributed by atoms with Crippen LogP contribution in [0.5, 0.6) is 0 Å². The minimum atomic E-state index is -0.602. The van der Waals surface area contributed by atoms with Crippen LogP contribution in [0, 0.1) is 0 Å². The average molecular weight is 326 g/mol. The van der Waals surface area contributed by atoms with Gasteiger partial charge in [0.15, 0.2) is 6.04 Å². The third kappa shape index (κ3) is 3.18. The molecule has 1 aromatic carbocycles. The minimum absolute atomic E-state index is 0.0925. The fraction of sp³-hybridized carbons (Fsp3) is 0.389. The van der Waals surface area contributed by atoms with E-state index in [2.05, 4.69) is 10.3 Å². The molecule has 1 aliphatic heterocycles. The third-order valence-electron chi connectivity index (χ3n) is 4.43. The Hall–Kier alpha value is -2.63. The number of rotatable bonds is 4. The van der Waals surface area contributed by atoms with Crippen LogP contribution in [0.4, 0.5) is 0 Å². The topological polar surface area (TPSA) is 67.2 Å². The molecule has 1 aromatic heterocycles. The Kier molecular flexibility index (Phi) is 4.64. The molecule has 0 aliphatic carbocycles. The summed E-state index contributed by atoms with van der Waals surface area (Å²) in [5.41, 5.74) is 2.89. The van der Waals surface area contributed by atoms with Crippen molar-refractivity contribution in [1.82, 2.24) is 19.8 Å². The van der Waals surface area contributed by atoms with Gasteiger partial charge in [0.25, 0.3) is 0 Å². The maximum absolute atomic E-state index is 12.8. The number of nitrogens with zero attached hydrogens (tertiary/aromatic N) is 3. The molecule has 1 unspecified atom stereocenters. The number of amides is 2. The lowest BCUT2D eigenvalue weighted by atomic mass is 10.0. The van der Waals surface area contributed by atoms with Crippen LogP contribution in [-0.2, 0) is 29.5 Å². The van der Waals surface area contributed by atoms with E-state index in [0.717, 1.165) is 17.8 Å². The normalized spacial score (nSPS) is 16.6. The lowest BCUT2D eigenvalue weighted by Crippen LogP contribution is -2.47. The van der Waals surface area contributed by atoms with Gasteiger partial charge in [-0.2, -0.15) is 0 Å². The molecule has 126 valence electrons. The van der Waals surface area contributed by atoms with Crippen molar-refractivity contribution in [2.75, 3.05) is 13.1 Å². The van der Waals surface area contributed by atoms with Crippen molar-refractivity contribution < 1.29 is 9.59 Å². The summed E-state index contributed by atoms with van der Waals surface area (Å²) in [6.07, 6.45) is 3.15. The van der Waals surface area contributed by atoms with E-state index in [1.54, 1.807) is 11.2 Å². The minimum Gasteiger partial charge on any atom is -0.354 e. The molecule has 6 nitrogen and oxygen atoms in total. The number of carbonyl (C=O) groups excluding carboxylic acids is 2. The number of imidazole rings is 1. The summed E-state index contributed by atoms with van der Waals surface area (Å²) in [6, 6.07) is 9.41. The number of aromatic nitrogens is 2. The number of fused-ring (bicyclic) bond motifs is 1. The first-order valence-corrected chi connectivity index (χ1v) is 8.17. The van der Waals surface area contributed by atoms with Crippen LogP contribution in [0.2, 0.25) is 0 Å². The van der Waals surface area contributed by atoms with Crippen LogP contribution in [0.3, 0.4) is 0 Å². The lowest BCUT2D eigenvalue weighted by molar-refractivity contribution is -0.140. The second-order valence-corrected chi connectivity index (χ2v) is 6.08. The number of hydrogen-bond donors (Lipinski definition) is 1. The Morgan fingerprint density at radius 1 is 1.29 bits per heavy atom. The highest BCUT2D eigenvalue weighted by atomic mass is 16.2. The molecular formula is C18H22N4O2. The van der Waals surface area contributed by atoms with Crippen molar-refractivity contribution in [3.8, 4) is 0 Å². The summed E-state index contributed by atoms with van der Waals surface area (Å²) in [6.45, 7) is 2.57. The second kappa shape index (κ2) is 6.86. The Morgan fingerprint density at radius 2 is 2.04 bits per heavy atom. The summed E-state index contributed by atoms with van der Waals surface area (Å²) in [7, 11) is 1.86. The number of nitrogens with one attached hydrogen (secondary N) is 1. The van der Waals surface area contributed by atoms with Gasteiger partial charge in [-0.3, -0.25) is 9.59 Å². The maximum atomic E-state index is 12.8. The van der Waals surface area contributed by atoms with Crippen molar-refractivity contribution in [1.29, 1.82) is 0 Å². The Morgan fingerprint density at radius 3 is 2.75 bits per heavy atom. The molecule has 1 atom stereocenters. The predicted octanol–water partition coefficient (Wildman–Crippen LogP) is 1.22. The van der Waals surface area contributed by atoms with Crippen LogP contribution in [0.1, 0.15) is 29.9 Å². The van der Waals surface area contributed by atoms with Gasteiger partial charge in [0.05, 0.1) is 17.7 Å². The monoisotopic (exact) mass is 326 g/mol. The first-order valence-electron chi connectivity index (χ1n) is 8.17. The van der Waals surface area contributed by atoms with Crippen LogP contribution in [-0.4, -0.2) is 39.4 Å². The van der Waals surface area contributed by atoms with E-state index >= 15 is 0 Å². The van der Waals surface area contributed by atoms with Crippen molar-refractivity contribution in [2.24, 2.45) is 7.05 Å². The van der Waals surface area contributed by atoms with Gasteiger partial charge >= 0.3 is 0 Å². The molecule has 1 aliphatic rings. The first-order chi connectivity index (χ1) is 11.6. The zero-order valence-electron chi connectivity index (χ0n) is 14.0. The van der Waals surface area contributed by atoms with Crippen molar-refractivity contribution >= 4 is 11.8 Å². The molecular weight excluding hydrogens is 304 g/mol. The summed E-state index contributed by atoms with van der Waals surface area (Å²) >= 11 is 0. The highest BCUT2D eigenvalue weighted by Gasteiger charge is 2.37. The summed E-state index contributed by atoms with van der Waals surface area (Å²) < 4.78 is 1.84. The Bertz CT molecular complexity index is 739. The van der Waals surface area contributed by atoms with E-state index < -0.39 is 6.04 Å². The van der Waals surface area contributed by atoms with Gasteiger partial charge in [-0.05, 0) is 12.0 Å². The van der Waals surface area contributed by atoms with Gasteiger partial charge in [-0.25, -0.2) is 4.98 Å². The number of benzene rings is 1. The zero-order valence-corrected chi connectivity index (χ0v) is 14.0. The largest absolute Gasteiger partial charge is 0.354 e. The second-order valence-electron chi connectivity index (χ2n) is 6.08. The number of aryl methyl sites for hydroxylation is 1. The van der Waals surface area contributed by atoms with Crippen molar-refractivity contribution in [3.63, 3.8) is 0 Å². The van der Waals surface area contributed by atoms with E-state index in [4.69, 9.17) is 0 Å². The standard InChI is InChI=1S/C18H22N4O2/c1-13(23)22-11-9-15-16(21(2)12-20-15)17(22)18(24)19-10-8-14-6-4-3-5-7-14/h3-7,12,17H,8-11H2,1-2H3,(H,19,24). The lowest BCUT2D eigenvalue weighted by Gasteiger charge is -2.34. The molecule has 2 heterocycles. The third-order valence-corrected chi connectivity index (χ3v) is 4.43. The van der Waals surface area contributed by atoms with Crippen LogP contribution >= 0.6 is 0 Å². The molecule has 0 spiro atoms. The van der Waals surface area contributed by atoms with Crippen LogP contribution < -0.4 is 5.32 Å². The zero-order chi connectivity index (χ0) is 17.1. The first kappa shape index (κ1) is 16.2. The van der Waals surface area contributed by atoms with Gasteiger partial charge in [-0.15, -0.1) is 0 Å². The van der Waals surface area contributed by atoms with E-state index in [-0.39, 0.29) is 11.8 Å². The number of carbonyl (C=O) groups is 2. The smallest absolute Gasteiger partial charge is 0.249 e. The molecule has 2 amide bonds. The average Bonchev–Trinajstić information content (AvgIpc) is 2.96. The fourth-order valence-corrected chi connectivity index (χ4v) is 3.21. The van der Waals surface area contributed by atoms with E-state index in [0.29, 0.717) is 19.5 Å². The van der Waals surface area contributed by atoms with Crippen molar-refractivity contribution in [2.45, 2.75) is 25.8 Å². The van der Waals surface area contributed by atoms with E-state index in [1.165, 1.54) is 12.5 Å². The molecule has 24 heavy (non-hydrogen) atoms. The molecule has 6 heteroatoms. The summed E-state index contributed by atoms with van der Waals surface area (Å²) in [4.78, 5) is 30.7. The van der Waals surface area contributed by atoms with Gasteiger partial charge in [0.1, 0.15) is 0 Å². The molecule has 0 radical (unpaired) electrons. The predicted molar refractivity (Wildman–Crippen MR) is 90.2 cm³/mol. The number of hydrogen-bond acceptors (Lipinski definition) is 3. The van der Waals surface area contributed by atoms with Gasteiger partial charge < -0.3 is 14.8 Å². The SMILES string of the molecule is CC(=O)N1CCc2ncn(C)c2C1C(=O)NCCc1ccccc1. The van der Waals surface area contributed by atoms with Gasteiger partial charge in [0.2, 0.25) is 11.8 Å². The molecule has 1 N–H and O–H groups in total. The van der Waals surface area contributed by atoms with Gasteiger partial charge in [-0.1, -0.05) is 30.3 Å². The highest BCUT2D eigenvalue weighted by Crippen LogP contribution is 2.29. The quantitative estimate of drug-likeness (QED) is 0.919. The van der Waals surface area contributed by atoms with E-state index in [1.807, 2.05) is 41.9 Å². The van der Waals surface area contributed by atoms with Crippen LogP contribution in [0.25, 0.3) is 0 Å². The molecule has 0 bridgehead atoms. The van der Waals surface area contributed by atoms with E-state index in [9.17, 15) is 9.59 Å². The summed E-state index contributed by atoms with van der Waals surface area (Å²) in [5, 5.41) is 2.97. The molecule has 0 fully saturated rings. The van der Waals surface area contributed by atoms with Gasteiger partial charge in [0, 0.05) is 33.5 Å². The summed E-state index contributed by atoms with van der Waals surface area (Å²) in [5.74, 6) is -0.240. The van der Waals surface area contributed by atoms with Crippen LogP contribution in [0.15, 0.2) is 36.7 Å². The fourth-order valence-electron chi connectivity index (χ4n) is 3.21. The molecule has 0 saturated carbocycles. The Balaban J connectivity index is 1.73. The molecule has 2 aromatic rings. The highest BCUT2D eigenvalue weighted by molar-refractivity contribution is 5.88.